The van der Waals surface area contributed by atoms with Gasteiger partial charge in [0.15, 0.2) is 11.2 Å². The van der Waals surface area contributed by atoms with E-state index in [-0.39, 0.29) is 29.1 Å². The molecule has 4 aliphatic rings. The number of carbonyl (C=O) groups is 3. The molecule has 2 aromatic heterocycles. The number of aromatic nitrogens is 3. The highest BCUT2D eigenvalue weighted by molar-refractivity contribution is 7.13. The molecule has 8 rings (SSSR count). The van der Waals surface area contributed by atoms with Gasteiger partial charge in [0, 0.05) is 66.8 Å². The van der Waals surface area contributed by atoms with Crippen LogP contribution in [0.25, 0.3) is 11.1 Å². The van der Waals surface area contributed by atoms with Gasteiger partial charge in [0.2, 0.25) is 0 Å². The number of halogens is 1. The van der Waals surface area contributed by atoms with Gasteiger partial charge in [-0.05, 0) is 87.3 Å². The Kier molecular flexibility index (Phi) is 8.45. The van der Waals surface area contributed by atoms with Gasteiger partial charge in [-0.3, -0.25) is 24.6 Å². The zero-order chi connectivity index (χ0) is 35.5. The monoisotopic (exact) mass is 711 g/mol. The summed E-state index contributed by atoms with van der Waals surface area (Å²) in [7, 11) is 0. The first-order valence-electron chi connectivity index (χ1n) is 17.6. The van der Waals surface area contributed by atoms with Crippen LogP contribution in [0.5, 0.6) is 0 Å². The van der Waals surface area contributed by atoms with Gasteiger partial charge in [-0.1, -0.05) is 12.1 Å². The lowest BCUT2D eigenvalue weighted by atomic mass is 9.72. The smallest absolute Gasteiger partial charge is 0.320 e. The maximum Gasteiger partial charge on any atom is 0.320 e. The lowest BCUT2D eigenvalue weighted by molar-refractivity contribution is -0.160. The van der Waals surface area contributed by atoms with Gasteiger partial charge in [-0.2, -0.15) is 0 Å². The molecule has 2 saturated heterocycles. The molecule has 1 N–H and O–H groups in total. The summed E-state index contributed by atoms with van der Waals surface area (Å²) in [6.45, 7) is 10.5. The van der Waals surface area contributed by atoms with E-state index in [1.165, 1.54) is 22.3 Å². The fraction of sp³-hybridized carbons (Fsp3) is 0.447. The Morgan fingerprint density at radius 2 is 1.82 bits per heavy atom. The molecule has 0 aliphatic carbocycles. The maximum atomic E-state index is 15.8. The van der Waals surface area contributed by atoms with Gasteiger partial charge in [0.1, 0.15) is 11.4 Å². The van der Waals surface area contributed by atoms with Crippen molar-refractivity contribution in [2.45, 2.75) is 71.2 Å². The predicted molar refractivity (Wildman–Crippen MR) is 192 cm³/mol. The van der Waals surface area contributed by atoms with E-state index in [4.69, 9.17) is 4.74 Å². The molecule has 1 unspecified atom stereocenters. The van der Waals surface area contributed by atoms with Gasteiger partial charge in [-0.15, -0.1) is 11.3 Å². The Morgan fingerprint density at radius 1 is 1.06 bits per heavy atom. The van der Waals surface area contributed by atoms with Crippen LogP contribution in [-0.4, -0.2) is 80.4 Å². The van der Waals surface area contributed by atoms with Crippen LogP contribution in [0.1, 0.15) is 73.4 Å². The van der Waals surface area contributed by atoms with Crippen molar-refractivity contribution >= 4 is 39.9 Å². The Balaban J connectivity index is 0.948. The Labute approximate surface area is 300 Å². The summed E-state index contributed by atoms with van der Waals surface area (Å²) in [5.41, 5.74) is 4.29. The number of aryl methyl sites for hydroxylation is 1. The molecule has 13 heteroatoms. The van der Waals surface area contributed by atoms with E-state index in [0.29, 0.717) is 22.9 Å². The summed E-state index contributed by atoms with van der Waals surface area (Å²) in [4.78, 5) is 54.8. The normalized spacial score (nSPS) is 18.8. The van der Waals surface area contributed by atoms with Gasteiger partial charge in [-0.25, -0.2) is 14.4 Å². The molecule has 2 amide bonds. The average Bonchev–Trinajstić information content (AvgIpc) is 3.88. The van der Waals surface area contributed by atoms with E-state index in [2.05, 4.69) is 37.2 Å². The number of carbonyl (C=O) groups excluding carboxylic acids is 3. The van der Waals surface area contributed by atoms with Crippen molar-refractivity contribution in [3.05, 3.63) is 82.6 Å². The van der Waals surface area contributed by atoms with Crippen LogP contribution in [0.2, 0.25) is 0 Å². The highest BCUT2D eigenvalue weighted by atomic mass is 32.1. The third-order valence-corrected chi connectivity index (χ3v) is 11.3. The number of piperidine rings is 1. The number of anilines is 2. The molecule has 2 aromatic carbocycles. The van der Waals surface area contributed by atoms with Crippen LogP contribution >= 0.6 is 11.3 Å². The number of hydrogen-bond acceptors (Lipinski definition) is 9. The molecule has 1 spiro atoms. The molecule has 4 aliphatic heterocycles. The molecule has 1 atom stereocenters. The number of likely N-dealkylation sites (tertiary alicyclic amines) is 1. The second-order valence-corrected chi connectivity index (χ2v) is 16.2. The Hall–Kier alpha value is -4.62. The van der Waals surface area contributed by atoms with Crippen LogP contribution in [0.15, 0.2) is 54.3 Å². The van der Waals surface area contributed by atoms with Crippen molar-refractivity contribution in [1.29, 1.82) is 0 Å². The number of thiazole rings is 1. The maximum absolute atomic E-state index is 15.8. The first-order valence-corrected chi connectivity index (χ1v) is 18.5. The van der Waals surface area contributed by atoms with E-state index in [1.807, 2.05) is 37.5 Å². The molecule has 11 nitrogen and oxygen atoms in total. The van der Waals surface area contributed by atoms with Crippen LogP contribution in [-0.2, 0) is 33.8 Å². The van der Waals surface area contributed by atoms with Gasteiger partial charge in [0.05, 0.1) is 25.1 Å². The lowest BCUT2D eigenvalue weighted by Gasteiger charge is -2.54. The fourth-order valence-electron chi connectivity index (χ4n) is 8.16. The van der Waals surface area contributed by atoms with E-state index >= 15 is 4.39 Å². The first-order chi connectivity index (χ1) is 24.5. The molecular formula is C38H42FN7O4S. The number of fused-ring (bicyclic) bond motifs is 2. The number of imidazole rings is 1. The number of rotatable bonds is 8. The number of ether oxygens (including phenoxy) is 1. The molecule has 6 heterocycles. The molecule has 266 valence electrons. The van der Waals surface area contributed by atoms with Gasteiger partial charge >= 0.3 is 5.97 Å². The predicted octanol–water partition coefficient (Wildman–Crippen LogP) is 5.67. The van der Waals surface area contributed by atoms with Crippen LogP contribution in [0, 0.1) is 11.2 Å². The van der Waals surface area contributed by atoms with Gasteiger partial charge in [0.25, 0.3) is 11.8 Å². The minimum absolute atomic E-state index is 0.0311. The van der Waals surface area contributed by atoms with E-state index in [0.717, 1.165) is 75.4 Å². The largest absolute Gasteiger partial charge is 0.459 e. The third-order valence-electron chi connectivity index (χ3n) is 10.6. The van der Waals surface area contributed by atoms with E-state index in [1.54, 1.807) is 24.0 Å². The second kappa shape index (κ2) is 12.9. The number of nitrogens with zero attached hydrogens (tertiary/aromatic N) is 6. The number of benzene rings is 2. The Morgan fingerprint density at radius 3 is 2.53 bits per heavy atom. The minimum atomic E-state index is -1.03. The lowest BCUT2D eigenvalue weighted by Crippen LogP contribution is -2.61. The van der Waals surface area contributed by atoms with Crippen LogP contribution in [0.4, 0.5) is 15.2 Å². The number of nitrogens with one attached hydrogen (secondary N) is 1. The summed E-state index contributed by atoms with van der Waals surface area (Å²) >= 11 is 1.29. The van der Waals surface area contributed by atoms with Crippen molar-refractivity contribution in [3.8, 4) is 11.1 Å². The van der Waals surface area contributed by atoms with Crippen LogP contribution < -0.4 is 10.2 Å². The summed E-state index contributed by atoms with van der Waals surface area (Å²) in [5, 5.41) is 5.04. The van der Waals surface area contributed by atoms with Crippen molar-refractivity contribution in [2.75, 3.05) is 42.9 Å². The third kappa shape index (κ3) is 6.53. The summed E-state index contributed by atoms with van der Waals surface area (Å²) < 4.78 is 23.3. The number of amides is 2. The standard InChI is InChI=1S/C38H42FN7O4S/c1-37(2,3)50-31(47)20-43-21-38(22-43)10-14-44(15-11-38)26-8-6-24(7-9-26)25-17-27-28(29(39)18-25)19-46(35(27)49)33(34(48)42-36-40-12-16-51-36)32-30-5-4-13-45(30)23-41-32/h6-9,12,16-18,23,33H,4-5,10-11,13-15,19-22H2,1-3H3,(H,40,42,48). The molecule has 0 bridgehead atoms. The summed E-state index contributed by atoms with van der Waals surface area (Å²) in [6.07, 6.45) is 7.12. The number of hydrogen-bond donors (Lipinski definition) is 1. The molecule has 4 aromatic rings. The van der Waals surface area contributed by atoms with Crippen molar-refractivity contribution in [2.24, 2.45) is 5.41 Å². The van der Waals surface area contributed by atoms with E-state index < -0.39 is 29.3 Å². The van der Waals surface area contributed by atoms with E-state index in [9.17, 15) is 14.4 Å². The van der Waals surface area contributed by atoms with Crippen molar-refractivity contribution < 1.29 is 23.5 Å². The number of esters is 1. The zero-order valence-electron chi connectivity index (χ0n) is 29.2. The quantitative estimate of drug-likeness (QED) is 0.233. The van der Waals surface area contributed by atoms with Gasteiger partial charge < -0.3 is 19.1 Å². The molecule has 51 heavy (non-hydrogen) atoms. The molecule has 0 saturated carbocycles. The first kappa shape index (κ1) is 33.5. The van der Waals surface area contributed by atoms with Crippen molar-refractivity contribution in [1.82, 2.24) is 24.3 Å². The minimum Gasteiger partial charge on any atom is -0.459 e. The SMILES string of the molecule is CC(C)(C)OC(=O)CN1CC2(CCN(c3ccc(-c4cc(F)c5c(c4)C(=O)N(C(C(=O)Nc4nccs4)c4ncn6c4CCC6)C5)cc3)CC2)C1. The average molecular weight is 712 g/mol. The highest BCUT2D eigenvalue weighted by Gasteiger charge is 2.46. The topological polar surface area (TPSA) is 113 Å². The summed E-state index contributed by atoms with van der Waals surface area (Å²) in [6, 6.07) is 10.3. The summed E-state index contributed by atoms with van der Waals surface area (Å²) in [5.74, 6) is -1.46. The van der Waals surface area contributed by atoms with Crippen LogP contribution in [0.3, 0.4) is 0 Å². The molecule has 2 fully saturated rings. The highest BCUT2D eigenvalue weighted by Crippen LogP contribution is 2.42. The second-order valence-electron chi connectivity index (χ2n) is 15.3. The fourth-order valence-corrected chi connectivity index (χ4v) is 8.69. The zero-order valence-corrected chi connectivity index (χ0v) is 30.0. The van der Waals surface area contributed by atoms with Crippen molar-refractivity contribution in [3.63, 3.8) is 0 Å². The molecule has 0 radical (unpaired) electrons. The molecular weight excluding hydrogens is 670 g/mol. The Bertz CT molecular complexity index is 1970.